The number of rotatable bonds is 6. The lowest BCUT2D eigenvalue weighted by molar-refractivity contribution is -0.131. The van der Waals surface area contributed by atoms with Crippen LogP contribution in [0.4, 0.5) is 14.9 Å². The summed E-state index contributed by atoms with van der Waals surface area (Å²) in [4.78, 5) is 43.7. The number of methoxy groups -OCH3 is 1. The largest absolute Gasteiger partial charge is 0.495 e. The minimum atomic E-state index is -0.659. The predicted molar refractivity (Wildman–Crippen MR) is 138 cm³/mol. The van der Waals surface area contributed by atoms with Gasteiger partial charge in [-0.25, -0.2) is 14.1 Å². The first-order chi connectivity index (χ1) is 17.7. The summed E-state index contributed by atoms with van der Waals surface area (Å²) in [5, 5.41) is 2.84. The van der Waals surface area contributed by atoms with E-state index < -0.39 is 18.0 Å². The van der Waals surface area contributed by atoms with E-state index in [-0.39, 0.29) is 34.5 Å². The van der Waals surface area contributed by atoms with E-state index >= 15 is 0 Å². The van der Waals surface area contributed by atoms with Crippen LogP contribution in [0.15, 0.2) is 42.5 Å². The lowest BCUT2D eigenvalue weighted by Crippen LogP contribution is -2.55. The van der Waals surface area contributed by atoms with Crippen molar-refractivity contribution in [2.75, 3.05) is 25.1 Å². The van der Waals surface area contributed by atoms with E-state index in [0.717, 1.165) is 36.4 Å². The first-order valence-corrected chi connectivity index (χ1v) is 12.6. The van der Waals surface area contributed by atoms with Crippen molar-refractivity contribution in [3.8, 4) is 5.75 Å². The minimum absolute atomic E-state index is 0.0855. The number of amides is 4. The highest BCUT2D eigenvalue weighted by Crippen LogP contribution is 2.36. The van der Waals surface area contributed by atoms with Crippen LogP contribution >= 0.6 is 11.6 Å². The van der Waals surface area contributed by atoms with Crippen molar-refractivity contribution in [2.24, 2.45) is 0 Å². The van der Waals surface area contributed by atoms with Gasteiger partial charge in [0.2, 0.25) is 5.91 Å². The fourth-order valence-corrected chi connectivity index (χ4v) is 5.68. The van der Waals surface area contributed by atoms with Gasteiger partial charge in [-0.3, -0.25) is 14.5 Å². The molecule has 0 aliphatic carbocycles. The SMILES string of the molecule is COc1cc(/C=C/C(=O)N2C3CCC2CN(Cc2ccc(F)cc2)C3)c(N2C(=O)NC(C)C2=O)cc1Cl. The van der Waals surface area contributed by atoms with Gasteiger partial charge < -0.3 is 15.0 Å². The molecule has 0 saturated carbocycles. The minimum Gasteiger partial charge on any atom is -0.495 e. The summed E-state index contributed by atoms with van der Waals surface area (Å²) in [7, 11) is 1.47. The summed E-state index contributed by atoms with van der Waals surface area (Å²) in [5.74, 6) is -0.411. The van der Waals surface area contributed by atoms with E-state index in [1.54, 1.807) is 31.2 Å². The first kappa shape index (κ1) is 25.2. The number of urea groups is 1. The Labute approximate surface area is 219 Å². The van der Waals surface area contributed by atoms with Gasteiger partial charge in [0, 0.05) is 43.4 Å². The van der Waals surface area contributed by atoms with Gasteiger partial charge in [-0.2, -0.15) is 0 Å². The van der Waals surface area contributed by atoms with Gasteiger partial charge in [-0.05, 0) is 55.7 Å². The van der Waals surface area contributed by atoms with Crippen LogP contribution in [0.3, 0.4) is 0 Å². The monoisotopic (exact) mass is 526 g/mol. The van der Waals surface area contributed by atoms with Gasteiger partial charge in [0.15, 0.2) is 0 Å². The molecule has 194 valence electrons. The zero-order chi connectivity index (χ0) is 26.3. The molecule has 0 radical (unpaired) electrons. The van der Waals surface area contributed by atoms with E-state index in [4.69, 9.17) is 16.3 Å². The van der Waals surface area contributed by atoms with Crippen LogP contribution in [0.25, 0.3) is 6.08 Å². The standard InChI is InChI=1S/C27H28ClFN4O4/c1-16-26(35)33(27(36)30-16)23-12-22(28)24(37-2)11-18(23)5-10-25(34)32-20-8-9-21(32)15-31(14-20)13-17-3-6-19(29)7-4-17/h3-7,10-12,16,20-21H,8-9,13-15H2,1-2H3,(H,30,36)/b10-5+. The number of carbonyl (C=O) groups excluding carboxylic acids is 3. The number of nitrogens with one attached hydrogen (secondary N) is 1. The predicted octanol–water partition coefficient (Wildman–Crippen LogP) is 3.82. The maximum absolute atomic E-state index is 13.3. The molecule has 2 bridgehead atoms. The van der Waals surface area contributed by atoms with Crippen molar-refractivity contribution in [2.45, 2.75) is 44.4 Å². The molecule has 8 nitrogen and oxygen atoms in total. The average molecular weight is 527 g/mol. The second-order valence-corrected chi connectivity index (χ2v) is 10.1. The number of anilines is 1. The van der Waals surface area contributed by atoms with Crippen LogP contribution < -0.4 is 15.0 Å². The molecule has 37 heavy (non-hydrogen) atoms. The molecule has 10 heteroatoms. The zero-order valence-electron chi connectivity index (χ0n) is 20.6. The van der Waals surface area contributed by atoms with Crippen molar-refractivity contribution in [3.05, 3.63) is 64.4 Å². The Morgan fingerprint density at radius 1 is 1.16 bits per heavy atom. The van der Waals surface area contributed by atoms with Gasteiger partial charge in [0.05, 0.1) is 17.8 Å². The Bertz CT molecular complexity index is 1250. The second-order valence-electron chi connectivity index (χ2n) is 9.67. The number of carbonyl (C=O) groups is 3. The quantitative estimate of drug-likeness (QED) is 0.457. The molecule has 3 saturated heterocycles. The Morgan fingerprint density at radius 3 is 2.43 bits per heavy atom. The Hall–Kier alpha value is -3.43. The summed E-state index contributed by atoms with van der Waals surface area (Å²) in [5.41, 5.74) is 1.79. The number of likely N-dealkylation sites (tertiary alicyclic amines) is 1. The molecule has 0 spiro atoms. The highest BCUT2D eigenvalue weighted by molar-refractivity contribution is 6.33. The average Bonchev–Trinajstić information content (AvgIpc) is 3.29. The summed E-state index contributed by atoms with van der Waals surface area (Å²) in [6.07, 6.45) is 4.93. The molecule has 1 N–H and O–H groups in total. The van der Waals surface area contributed by atoms with Crippen LogP contribution in [0, 0.1) is 5.82 Å². The Morgan fingerprint density at radius 2 is 1.84 bits per heavy atom. The lowest BCUT2D eigenvalue weighted by Gasteiger charge is -2.40. The van der Waals surface area contributed by atoms with Gasteiger partial charge in [0.1, 0.15) is 17.6 Å². The van der Waals surface area contributed by atoms with Crippen molar-refractivity contribution >= 4 is 41.2 Å². The van der Waals surface area contributed by atoms with Crippen molar-refractivity contribution in [3.63, 3.8) is 0 Å². The molecule has 5 rings (SSSR count). The number of imide groups is 1. The third-order valence-electron chi connectivity index (χ3n) is 7.21. The number of nitrogens with zero attached hydrogens (tertiary/aromatic N) is 3. The number of halogens is 2. The zero-order valence-corrected chi connectivity index (χ0v) is 21.4. The van der Waals surface area contributed by atoms with Crippen LogP contribution in [0.1, 0.15) is 30.9 Å². The molecule has 0 aromatic heterocycles. The molecule has 2 aromatic carbocycles. The molecule has 2 aromatic rings. The van der Waals surface area contributed by atoms with Crippen molar-refractivity contribution in [1.29, 1.82) is 0 Å². The number of piperazine rings is 1. The third kappa shape index (κ3) is 4.93. The summed E-state index contributed by atoms with van der Waals surface area (Å²) in [6.45, 7) is 3.81. The number of hydrogen-bond acceptors (Lipinski definition) is 5. The first-order valence-electron chi connectivity index (χ1n) is 12.2. The fourth-order valence-electron chi connectivity index (χ4n) is 5.45. The molecule has 3 atom stereocenters. The van der Waals surface area contributed by atoms with Crippen LogP contribution in [0.2, 0.25) is 5.02 Å². The fraction of sp³-hybridized carbons (Fsp3) is 0.370. The molecule has 3 aliphatic rings. The molecule has 3 fully saturated rings. The lowest BCUT2D eigenvalue weighted by atomic mass is 10.1. The maximum Gasteiger partial charge on any atom is 0.329 e. The van der Waals surface area contributed by atoms with E-state index in [9.17, 15) is 18.8 Å². The number of hydrogen-bond donors (Lipinski definition) is 1. The van der Waals surface area contributed by atoms with Crippen molar-refractivity contribution < 1.29 is 23.5 Å². The molecule has 3 unspecified atom stereocenters. The van der Waals surface area contributed by atoms with Gasteiger partial charge in [-0.1, -0.05) is 23.7 Å². The third-order valence-corrected chi connectivity index (χ3v) is 7.51. The smallest absolute Gasteiger partial charge is 0.329 e. The van der Waals surface area contributed by atoms with Crippen molar-refractivity contribution in [1.82, 2.24) is 15.1 Å². The summed E-state index contributed by atoms with van der Waals surface area (Å²) >= 11 is 6.30. The summed E-state index contributed by atoms with van der Waals surface area (Å²) < 4.78 is 18.6. The highest BCUT2D eigenvalue weighted by atomic mass is 35.5. The van der Waals surface area contributed by atoms with E-state index in [2.05, 4.69) is 10.2 Å². The van der Waals surface area contributed by atoms with Gasteiger partial charge >= 0.3 is 6.03 Å². The molecular formula is C27H28ClFN4O4. The van der Waals surface area contributed by atoms with Gasteiger partial charge in [0.25, 0.3) is 5.91 Å². The van der Waals surface area contributed by atoms with Crippen LogP contribution in [0.5, 0.6) is 5.75 Å². The van der Waals surface area contributed by atoms with E-state index in [0.29, 0.717) is 17.9 Å². The number of fused-ring (bicyclic) bond motifs is 2. The van der Waals surface area contributed by atoms with Crippen LogP contribution in [-0.4, -0.2) is 66.0 Å². The van der Waals surface area contributed by atoms with Crippen LogP contribution in [-0.2, 0) is 16.1 Å². The molecule has 3 aliphatic heterocycles. The molecular weight excluding hydrogens is 499 g/mol. The number of benzene rings is 2. The number of ether oxygens (including phenoxy) is 1. The van der Waals surface area contributed by atoms with E-state index in [1.807, 2.05) is 4.90 Å². The molecule has 4 amide bonds. The van der Waals surface area contributed by atoms with Gasteiger partial charge in [-0.15, -0.1) is 0 Å². The van der Waals surface area contributed by atoms with E-state index in [1.165, 1.54) is 31.4 Å². The Kier molecular flexibility index (Phi) is 6.92. The maximum atomic E-state index is 13.3. The highest BCUT2D eigenvalue weighted by Gasteiger charge is 2.42. The summed E-state index contributed by atoms with van der Waals surface area (Å²) in [6, 6.07) is 8.60. The Balaban J connectivity index is 1.34. The molecule has 3 heterocycles. The topological polar surface area (TPSA) is 82.2 Å². The second kappa shape index (κ2) is 10.1. The normalized spacial score (nSPS) is 23.7.